The molecular weight excluding hydrogens is 166 g/mol. The van der Waals surface area contributed by atoms with Crippen LogP contribution < -0.4 is 11.1 Å². The zero-order valence-electron chi connectivity index (χ0n) is 7.36. The van der Waals surface area contributed by atoms with E-state index in [-0.39, 0.29) is 6.04 Å². The van der Waals surface area contributed by atoms with Gasteiger partial charge in [0.1, 0.15) is 0 Å². The molecule has 0 radical (unpaired) electrons. The van der Waals surface area contributed by atoms with E-state index in [1.54, 1.807) is 12.3 Å². The summed E-state index contributed by atoms with van der Waals surface area (Å²) in [4.78, 5) is 4.24. The second-order valence-corrected chi connectivity index (χ2v) is 3.10. The molecule has 0 spiro atoms. The van der Waals surface area contributed by atoms with Crippen LogP contribution in [0.25, 0.3) is 0 Å². The third-order valence-electron chi connectivity index (χ3n) is 2.08. The van der Waals surface area contributed by atoms with E-state index < -0.39 is 0 Å². The maximum atomic E-state index is 5.66. The number of hydrogen-bond acceptors (Lipinski definition) is 4. The topological polar surface area (TPSA) is 60.2 Å². The molecule has 1 atom stereocenters. The molecule has 0 saturated carbocycles. The van der Waals surface area contributed by atoms with E-state index in [9.17, 15) is 0 Å². The minimum atomic E-state index is 0.192. The Morgan fingerprint density at radius 2 is 2.54 bits per heavy atom. The SMILES string of the molecule is Nc1ccnc(C2COCCN2)c1. The first-order valence-corrected chi connectivity index (χ1v) is 4.39. The van der Waals surface area contributed by atoms with Gasteiger partial charge in [-0.2, -0.15) is 0 Å². The monoisotopic (exact) mass is 179 g/mol. The van der Waals surface area contributed by atoms with Gasteiger partial charge in [-0.1, -0.05) is 0 Å². The summed E-state index contributed by atoms with van der Waals surface area (Å²) in [6.07, 6.45) is 1.72. The summed E-state index contributed by atoms with van der Waals surface area (Å²) in [5.74, 6) is 0. The largest absolute Gasteiger partial charge is 0.399 e. The van der Waals surface area contributed by atoms with Crippen molar-refractivity contribution in [2.45, 2.75) is 6.04 Å². The molecule has 1 aliphatic heterocycles. The molecule has 4 nitrogen and oxygen atoms in total. The fourth-order valence-electron chi connectivity index (χ4n) is 1.41. The number of hydrogen-bond donors (Lipinski definition) is 2. The molecule has 4 heteroatoms. The zero-order valence-corrected chi connectivity index (χ0v) is 7.36. The highest BCUT2D eigenvalue weighted by atomic mass is 16.5. The summed E-state index contributed by atoms with van der Waals surface area (Å²) >= 11 is 0. The lowest BCUT2D eigenvalue weighted by Gasteiger charge is -2.23. The summed E-state index contributed by atoms with van der Waals surface area (Å²) in [5, 5.41) is 3.32. The third kappa shape index (κ3) is 1.96. The van der Waals surface area contributed by atoms with Crippen LogP contribution in [0, 0.1) is 0 Å². The molecule has 0 aliphatic carbocycles. The van der Waals surface area contributed by atoms with Crippen LogP contribution in [0.2, 0.25) is 0 Å². The molecule has 1 aromatic heterocycles. The van der Waals surface area contributed by atoms with Crippen molar-refractivity contribution in [3.63, 3.8) is 0 Å². The molecule has 1 unspecified atom stereocenters. The van der Waals surface area contributed by atoms with Crippen LogP contribution in [-0.4, -0.2) is 24.7 Å². The van der Waals surface area contributed by atoms with E-state index in [4.69, 9.17) is 10.5 Å². The first kappa shape index (κ1) is 8.47. The molecule has 1 aromatic rings. The summed E-state index contributed by atoms with van der Waals surface area (Å²) in [6, 6.07) is 3.86. The number of rotatable bonds is 1. The van der Waals surface area contributed by atoms with Gasteiger partial charge in [-0.25, -0.2) is 0 Å². The average Bonchev–Trinajstić information content (AvgIpc) is 2.19. The van der Waals surface area contributed by atoms with E-state index in [1.807, 2.05) is 6.07 Å². The first-order valence-electron chi connectivity index (χ1n) is 4.39. The Kier molecular flexibility index (Phi) is 2.42. The highest BCUT2D eigenvalue weighted by Gasteiger charge is 2.15. The molecule has 3 N–H and O–H groups in total. The minimum Gasteiger partial charge on any atom is -0.399 e. The second-order valence-electron chi connectivity index (χ2n) is 3.10. The Morgan fingerprint density at radius 1 is 1.62 bits per heavy atom. The lowest BCUT2D eigenvalue weighted by atomic mass is 10.1. The lowest BCUT2D eigenvalue weighted by molar-refractivity contribution is 0.0756. The molecular formula is C9H13N3O. The van der Waals surface area contributed by atoms with Gasteiger partial charge in [-0.05, 0) is 12.1 Å². The van der Waals surface area contributed by atoms with E-state index >= 15 is 0 Å². The van der Waals surface area contributed by atoms with Crippen LogP contribution in [0.5, 0.6) is 0 Å². The van der Waals surface area contributed by atoms with Crippen LogP contribution in [-0.2, 0) is 4.74 Å². The fourth-order valence-corrected chi connectivity index (χ4v) is 1.41. The maximum absolute atomic E-state index is 5.66. The summed E-state index contributed by atoms with van der Waals surface area (Å²) in [5.41, 5.74) is 7.36. The summed E-state index contributed by atoms with van der Waals surface area (Å²) in [7, 11) is 0. The highest BCUT2D eigenvalue weighted by Crippen LogP contribution is 2.14. The molecule has 2 heterocycles. The summed E-state index contributed by atoms with van der Waals surface area (Å²) in [6.45, 7) is 2.33. The Balaban J connectivity index is 2.14. The van der Waals surface area contributed by atoms with Crippen molar-refractivity contribution in [3.05, 3.63) is 24.0 Å². The molecule has 0 aromatic carbocycles. The van der Waals surface area contributed by atoms with Crippen LogP contribution in [0.1, 0.15) is 11.7 Å². The average molecular weight is 179 g/mol. The first-order chi connectivity index (χ1) is 6.36. The van der Waals surface area contributed by atoms with Crippen molar-refractivity contribution >= 4 is 5.69 Å². The van der Waals surface area contributed by atoms with Gasteiger partial charge in [0, 0.05) is 18.4 Å². The third-order valence-corrected chi connectivity index (χ3v) is 2.08. The number of morpholine rings is 1. The normalized spacial score (nSPS) is 22.9. The highest BCUT2D eigenvalue weighted by molar-refractivity contribution is 5.38. The number of pyridine rings is 1. The number of nitrogen functional groups attached to an aromatic ring is 1. The lowest BCUT2D eigenvalue weighted by Crippen LogP contribution is -2.35. The van der Waals surface area contributed by atoms with Crippen molar-refractivity contribution < 1.29 is 4.74 Å². The van der Waals surface area contributed by atoms with Crippen molar-refractivity contribution in [1.82, 2.24) is 10.3 Å². The number of nitrogens with one attached hydrogen (secondary N) is 1. The van der Waals surface area contributed by atoms with E-state index in [0.717, 1.165) is 24.5 Å². The molecule has 1 aliphatic rings. The van der Waals surface area contributed by atoms with Gasteiger partial charge in [-0.15, -0.1) is 0 Å². The smallest absolute Gasteiger partial charge is 0.0734 e. The number of nitrogens with two attached hydrogens (primary N) is 1. The second kappa shape index (κ2) is 3.72. The Bertz CT molecular complexity index is 284. The molecule has 2 rings (SSSR count). The number of anilines is 1. The molecule has 1 fully saturated rings. The molecule has 0 bridgehead atoms. The van der Waals surface area contributed by atoms with Gasteiger partial charge in [-0.3, -0.25) is 4.98 Å². The van der Waals surface area contributed by atoms with Gasteiger partial charge in [0.25, 0.3) is 0 Å². The minimum absolute atomic E-state index is 0.192. The van der Waals surface area contributed by atoms with E-state index in [2.05, 4.69) is 10.3 Å². The fraction of sp³-hybridized carbons (Fsp3) is 0.444. The van der Waals surface area contributed by atoms with Gasteiger partial charge >= 0.3 is 0 Å². The predicted octanol–water partition coefficient (Wildman–Crippen LogP) is 0.325. The van der Waals surface area contributed by atoms with E-state index in [1.165, 1.54) is 0 Å². The Labute approximate surface area is 77.1 Å². The van der Waals surface area contributed by atoms with Crippen molar-refractivity contribution in [2.24, 2.45) is 0 Å². The van der Waals surface area contributed by atoms with Gasteiger partial charge < -0.3 is 15.8 Å². The predicted molar refractivity (Wildman–Crippen MR) is 50.2 cm³/mol. The molecule has 70 valence electrons. The molecule has 13 heavy (non-hydrogen) atoms. The quantitative estimate of drug-likeness (QED) is 0.652. The van der Waals surface area contributed by atoms with Crippen molar-refractivity contribution in [1.29, 1.82) is 0 Å². The number of ether oxygens (including phenoxy) is 1. The molecule has 0 amide bonds. The van der Waals surface area contributed by atoms with Crippen LogP contribution >= 0.6 is 0 Å². The van der Waals surface area contributed by atoms with Crippen molar-refractivity contribution in [3.8, 4) is 0 Å². The molecule has 1 saturated heterocycles. The van der Waals surface area contributed by atoms with Crippen LogP contribution in [0.3, 0.4) is 0 Å². The maximum Gasteiger partial charge on any atom is 0.0734 e. The Hall–Kier alpha value is -1.13. The summed E-state index contributed by atoms with van der Waals surface area (Å²) < 4.78 is 5.33. The number of nitrogens with zero attached hydrogens (tertiary/aromatic N) is 1. The zero-order chi connectivity index (χ0) is 9.10. The van der Waals surface area contributed by atoms with Crippen LogP contribution in [0.15, 0.2) is 18.3 Å². The van der Waals surface area contributed by atoms with E-state index in [0.29, 0.717) is 6.61 Å². The van der Waals surface area contributed by atoms with Crippen LogP contribution in [0.4, 0.5) is 5.69 Å². The Morgan fingerprint density at radius 3 is 3.23 bits per heavy atom. The number of aromatic nitrogens is 1. The standard InChI is InChI=1S/C9H13N3O/c10-7-1-2-11-8(5-7)9-6-13-4-3-12-9/h1-2,5,9,12H,3-4,6H2,(H2,10,11). The van der Waals surface area contributed by atoms with Crippen molar-refractivity contribution in [2.75, 3.05) is 25.5 Å². The van der Waals surface area contributed by atoms with Gasteiger partial charge in [0.15, 0.2) is 0 Å². The van der Waals surface area contributed by atoms with Gasteiger partial charge in [0.2, 0.25) is 0 Å². The van der Waals surface area contributed by atoms with Gasteiger partial charge in [0.05, 0.1) is 24.9 Å².